The molecule has 5 heteroatoms. The van der Waals surface area contributed by atoms with Crippen molar-refractivity contribution >= 4 is 17.5 Å². The second kappa shape index (κ2) is 7.67. The second-order valence-corrected chi connectivity index (χ2v) is 5.48. The number of carbonyl (C=O) groups excluding carboxylic acids is 2. The van der Waals surface area contributed by atoms with Crippen LogP contribution in [0.1, 0.15) is 19.8 Å². The molecule has 0 radical (unpaired) electrons. The lowest BCUT2D eigenvalue weighted by Gasteiger charge is -2.32. The summed E-state index contributed by atoms with van der Waals surface area (Å²) in [7, 11) is 0. The lowest BCUT2D eigenvalue weighted by Crippen LogP contribution is -2.43. The van der Waals surface area contributed by atoms with Gasteiger partial charge in [0.1, 0.15) is 0 Å². The van der Waals surface area contributed by atoms with E-state index in [1.807, 2.05) is 35.2 Å². The maximum Gasteiger partial charge on any atom is 0.241 e. The van der Waals surface area contributed by atoms with E-state index < -0.39 is 0 Å². The highest BCUT2D eigenvalue weighted by molar-refractivity contribution is 5.81. The summed E-state index contributed by atoms with van der Waals surface area (Å²) in [6, 6.07) is 9.74. The fraction of sp³-hybridized carbons (Fsp3) is 0.500. The highest BCUT2D eigenvalue weighted by Gasteiger charge is 2.22. The largest absolute Gasteiger partial charge is 0.376 e. The summed E-state index contributed by atoms with van der Waals surface area (Å²) < 4.78 is 0. The number of nitrogens with zero attached hydrogens (tertiary/aromatic N) is 1. The van der Waals surface area contributed by atoms with E-state index in [2.05, 4.69) is 10.6 Å². The number of nitrogens with one attached hydrogen (secondary N) is 2. The molecule has 0 aromatic heterocycles. The van der Waals surface area contributed by atoms with Crippen LogP contribution in [0.25, 0.3) is 0 Å². The lowest BCUT2D eigenvalue weighted by atomic mass is 9.96. The Hall–Kier alpha value is -2.04. The standard InChI is InChI=1S/C16H23N3O2/c1-13(20)17-11-14-7-9-19(10-8-14)16(21)12-18-15-5-3-2-4-6-15/h2-6,14,18H,7-12H2,1H3,(H,17,20). The number of amides is 2. The number of hydrogen-bond donors (Lipinski definition) is 2. The number of para-hydroxylation sites is 1. The smallest absolute Gasteiger partial charge is 0.241 e. The van der Waals surface area contributed by atoms with Crippen LogP contribution in [-0.2, 0) is 9.59 Å². The Balaban J connectivity index is 1.69. The summed E-state index contributed by atoms with van der Waals surface area (Å²) in [4.78, 5) is 24.9. The van der Waals surface area contributed by atoms with Crippen molar-refractivity contribution in [3.63, 3.8) is 0 Å². The number of hydrogen-bond acceptors (Lipinski definition) is 3. The predicted molar refractivity (Wildman–Crippen MR) is 82.9 cm³/mol. The molecule has 2 rings (SSSR count). The molecule has 0 bridgehead atoms. The maximum atomic E-state index is 12.1. The maximum absolute atomic E-state index is 12.1. The third-order valence-corrected chi connectivity index (χ3v) is 3.82. The fourth-order valence-corrected chi connectivity index (χ4v) is 2.52. The van der Waals surface area contributed by atoms with Crippen molar-refractivity contribution in [2.75, 3.05) is 31.5 Å². The molecule has 2 N–H and O–H groups in total. The monoisotopic (exact) mass is 289 g/mol. The van der Waals surface area contributed by atoms with Crippen molar-refractivity contribution in [3.05, 3.63) is 30.3 Å². The zero-order valence-electron chi connectivity index (χ0n) is 12.5. The summed E-state index contributed by atoms with van der Waals surface area (Å²) >= 11 is 0. The van der Waals surface area contributed by atoms with Gasteiger partial charge in [-0.1, -0.05) is 18.2 Å². The Morgan fingerprint density at radius 1 is 1.19 bits per heavy atom. The van der Waals surface area contributed by atoms with Crippen LogP contribution < -0.4 is 10.6 Å². The van der Waals surface area contributed by atoms with Crippen LogP contribution in [0.2, 0.25) is 0 Å². The normalized spacial score (nSPS) is 15.6. The van der Waals surface area contributed by atoms with Gasteiger partial charge < -0.3 is 15.5 Å². The Kier molecular flexibility index (Phi) is 5.60. The summed E-state index contributed by atoms with van der Waals surface area (Å²) in [5.74, 6) is 0.637. The van der Waals surface area contributed by atoms with Crippen LogP contribution in [0.4, 0.5) is 5.69 Å². The highest BCUT2D eigenvalue weighted by Crippen LogP contribution is 2.16. The number of piperidine rings is 1. The topological polar surface area (TPSA) is 61.4 Å². The van der Waals surface area contributed by atoms with Gasteiger partial charge in [0.2, 0.25) is 11.8 Å². The van der Waals surface area contributed by atoms with E-state index in [4.69, 9.17) is 0 Å². The zero-order chi connectivity index (χ0) is 15.1. The minimum Gasteiger partial charge on any atom is -0.376 e. The SMILES string of the molecule is CC(=O)NCC1CCN(C(=O)CNc2ccccc2)CC1. The molecule has 0 atom stereocenters. The molecule has 1 heterocycles. The third kappa shape index (κ3) is 5.10. The van der Waals surface area contributed by atoms with Crippen molar-refractivity contribution in [1.29, 1.82) is 0 Å². The van der Waals surface area contributed by atoms with Gasteiger partial charge in [0.15, 0.2) is 0 Å². The van der Waals surface area contributed by atoms with Crippen molar-refractivity contribution in [1.82, 2.24) is 10.2 Å². The minimum absolute atomic E-state index is 0.0144. The van der Waals surface area contributed by atoms with E-state index in [1.165, 1.54) is 6.92 Å². The van der Waals surface area contributed by atoms with Crippen LogP contribution in [0.3, 0.4) is 0 Å². The van der Waals surface area contributed by atoms with Gasteiger partial charge in [0.25, 0.3) is 0 Å². The molecule has 1 fully saturated rings. The van der Waals surface area contributed by atoms with E-state index >= 15 is 0 Å². The van der Waals surface area contributed by atoms with E-state index in [9.17, 15) is 9.59 Å². The van der Waals surface area contributed by atoms with Gasteiger partial charge in [-0.15, -0.1) is 0 Å². The van der Waals surface area contributed by atoms with Gasteiger partial charge in [-0.2, -0.15) is 0 Å². The number of carbonyl (C=O) groups is 2. The number of benzene rings is 1. The summed E-state index contributed by atoms with van der Waals surface area (Å²) in [5, 5.41) is 6.00. The molecular formula is C16H23N3O2. The molecule has 1 aromatic rings. The average Bonchev–Trinajstić information content (AvgIpc) is 2.52. The minimum atomic E-state index is 0.0144. The van der Waals surface area contributed by atoms with E-state index in [1.54, 1.807) is 0 Å². The molecule has 0 spiro atoms. The van der Waals surface area contributed by atoms with Gasteiger partial charge in [0.05, 0.1) is 6.54 Å². The van der Waals surface area contributed by atoms with Crippen LogP contribution in [0.15, 0.2) is 30.3 Å². The van der Waals surface area contributed by atoms with Crippen LogP contribution in [0.5, 0.6) is 0 Å². The third-order valence-electron chi connectivity index (χ3n) is 3.82. The average molecular weight is 289 g/mol. The van der Waals surface area contributed by atoms with Crippen molar-refractivity contribution in [3.8, 4) is 0 Å². The second-order valence-electron chi connectivity index (χ2n) is 5.48. The molecule has 5 nitrogen and oxygen atoms in total. The van der Waals surface area contributed by atoms with E-state index in [0.29, 0.717) is 12.5 Å². The first-order valence-electron chi connectivity index (χ1n) is 7.46. The Morgan fingerprint density at radius 3 is 2.48 bits per heavy atom. The Bertz CT molecular complexity index is 468. The summed E-state index contributed by atoms with van der Waals surface area (Å²) in [5.41, 5.74) is 0.964. The van der Waals surface area contributed by atoms with Gasteiger partial charge in [0, 0.05) is 32.2 Å². The summed E-state index contributed by atoms with van der Waals surface area (Å²) in [6.07, 6.45) is 1.91. The van der Waals surface area contributed by atoms with Crippen LogP contribution in [0, 0.1) is 5.92 Å². The van der Waals surface area contributed by atoms with E-state index in [0.717, 1.165) is 38.2 Å². The van der Waals surface area contributed by atoms with Crippen molar-refractivity contribution in [2.45, 2.75) is 19.8 Å². The quantitative estimate of drug-likeness (QED) is 0.863. The van der Waals surface area contributed by atoms with Gasteiger partial charge in [-0.3, -0.25) is 9.59 Å². The number of likely N-dealkylation sites (tertiary alicyclic amines) is 1. The zero-order valence-corrected chi connectivity index (χ0v) is 12.5. The first kappa shape index (κ1) is 15.4. The molecule has 0 saturated carbocycles. The molecule has 1 aliphatic heterocycles. The molecule has 1 saturated heterocycles. The van der Waals surface area contributed by atoms with Crippen LogP contribution >= 0.6 is 0 Å². The molecule has 2 amide bonds. The summed E-state index contributed by atoms with van der Waals surface area (Å²) in [6.45, 7) is 4.15. The van der Waals surface area contributed by atoms with E-state index in [-0.39, 0.29) is 11.8 Å². The van der Waals surface area contributed by atoms with Crippen molar-refractivity contribution in [2.24, 2.45) is 5.92 Å². The molecule has 0 aliphatic carbocycles. The van der Waals surface area contributed by atoms with Crippen molar-refractivity contribution < 1.29 is 9.59 Å². The predicted octanol–water partition coefficient (Wildman–Crippen LogP) is 1.47. The first-order valence-corrected chi connectivity index (χ1v) is 7.46. The van der Waals surface area contributed by atoms with Crippen LogP contribution in [-0.4, -0.2) is 42.9 Å². The first-order chi connectivity index (χ1) is 10.1. The lowest BCUT2D eigenvalue weighted by molar-refractivity contribution is -0.130. The molecule has 0 unspecified atom stereocenters. The molecule has 21 heavy (non-hydrogen) atoms. The highest BCUT2D eigenvalue weighted by atomic mass is 16.2. The molecule has 1 aliphatic rings. The van der Waals surface area contributed by atoms with Gasteiger partial charge in [-0.05, 0) is 30.9 Å². The van der Waals surface area contributed by atoms with Gasteiger partial charge in [-0.25, -0.2) is 0 Å². The number of anilines is 1. The fourth-order valence-electron chi connectivity index (χ4n) is 2.52. The molecule has 114 valence electrons. The molecule has 1 aromatic carbocycles. The Labute approximate surface area is 125 Å². The number of rotatable bonds is 5. The van der Waals surface area contributed by atoms with Gasteiger partial charge >= 0.3 is 0 Å². The Morgan fingerprint density at radius 2 is 1.86 bits per heavy atom. The molecular weight excluding hydrogens is 266 g/mol.